The topological polar surface area (TPSA) is 58.2 Å². The Hall–Kier alpha value is -2.76. The van der Waals surface area contributed by atoms with Gasteiger partial charge >= 0.3 is 0 Å². The van der Waals surface area contributed by atoms with E-state index < -0.39 is 29.1 Å². The predicted octanol–water partition coefficient (Wildman–Crippen LogP) is 4.20. The normalized spacial score (nSPS) is 10.5. The van der Waals surface area contributed by atoms with Crippen LogP contribution in [-0.2, 0) is 4.79 Å². The zero-order chi connectivity index (χ0) is 17.7. The molecule has 0 aromatic heterocycles. The molecule has 0 radical (unpaired) electrons. The lowest BCUT2D eigenvalue weighted by atomic mass is 10.1. The zero-order valence-corrected chi connectivity index (χ0v) is 13.4. The molecule has 0 heterocycles. The third-order valence-electron chi connectivity index (χ3n) is 3.23. The van der Waals surface area contributed by atoms with Crippen LogP contribution in [0, 0.1) is 17.6 Å². The Morgan fingerprint density at radius 1 is 1.00 bits per heavy atom. The maximum Gasteiger partial charge on any atom is 0.255 e. The zero-order valence-electron chi connectivity index (χ0n) is 13.4. The Morgan fingerprint density at radius 3 is 2.29 bits per heavy atom. The third-order valence-corrected chi connectivity index (χ3v) is 3.23. The Morgan fingerprint density at radius 2 is 1.67 bits per heavy atom. The molecule has 0 aliphatic rings. The molecule has 2 amide bonds. The van der Waals surface area contributed by atoms with Crippen LogP contribution in [0.1, 0.15) is 30.6 Å². The number of carbonyl (C=O) groups excluding carboxylic acids is 2. The smallest absolute Gasteiger partial charge is 0.255 e. The molecule has 6 heteroatoms. The summed E-state index contributed by atoms with van der Waals surface area (Å²) in [5.74, 6) is -2.88. The highest BCUT2D eigenvalue weighted by atomic mass is 19.1. The average Bonchev–Trinajstić information content (AvgIpc) is 2.54. The molecular weight excluding hydrogens is 314 g/mol. The fourth-order valence-electron chi connectivity index (χ4n) is 2.11. The maximum absolute atomic E-state index is 14.4. The highest BCUT2D eigenvalue weighted by Crippen LogP contribution is 2.26. The van der Waals surface area contributed by atoms with Gasteiger partial charge in [0, 0.05) is 12.0 Å². The van der Waals surface area contributed by atoms with Gasteiger partial charge in [0.15, 0.2) is 5.82 Å². The fraction of sp³-hybridized carbons (Fsp3) is 0.222. The highest BCUT2D eigenvalue weighted by Gasteiger charge is 2.18. The van der Waals surface area contributed by atoms with E-state index in [1.807, 2.05) is 13.8 Å². The molecule has 0 bridgehead atoms. The molecule has 0 atom stereocenters. The van der Waals surface area contributed by atoms with Crippen molar-refractivity contribution in [1.82, 2.24) is 0 Å². The molecule has 2 rings (SSSR count). The van der Waals surface area contributed by atoms with Crippen molar-refractivity contribution in [3.8, 4) is 0 Å². The number of rotatable bonds is 5. The number of benzene rings is 2. The van der Waals surface area contributed by atoms with Gasteiger partial charge in [0.25, 0.3) is 5.91 Å². The molecule has 0 spiro atoms. The second-order valence-electron chi connectivity index (χ2n) is 5.75. The predicted molar refractivity (Wildman–Crippen MR) is 88.8 cm³/mol. The van der Waals surface area contributed by atoms with E-state index in [2.05, 4.69) is 10.6 Å². The van der Waals surface area contributed by atoms with Crippen molar-refractivity contribution in [1.29, 1.82) is 0 Å². The number of halogens is 2. The van der Waals surface area contributed by atoms with Gasteiger partial charge in [0.1, 0.15) is 11.5 Å². The van der Waals surface area contributed by atoms with Crippen molar-refractivity contribution in [2.75, 3.05) is 10.6 Å². The lowest BCUT2D eigenvalue weighted by Gasteiger charge is -2.13. The monoisotopic (exact) mass is 332 g/mol. The average molecular weight is 332 g/mol. The van der Waals surface area contributed by atoms with Crippen LogP contribution in [0.15, 0.2) is 42.5 Å². The number of hydrogen-bond donors (Lipinski definition) is 2. The van der Waals surface area contributed by atoms with E-state index in [0.29, 0.717) is 5.56 Å². The van der Waals surface area contributed by atoms with Crippen LogP contribution in [0.25, 0.3) is 0 Å². The lowest BCUT2D eigenvalue weighted by molar-refractivity contribution is -0.116. The second kappa shape index (κ2) is 7.68. The van der Waals surface area contributed by atoms with Gasteiger partial charge in [-0.25, -0.2) is 8.78 Å². The minimum absolute atomic E-state index is 0.0529. The standard InChI is InChI=1S/C18H18F2N2O2/c1-11(2)10-15(23)22-17-13(19)8-9-14(16(17)20)21-18(24)12-6-4-3-5-7-12/h3-9,11H,10H2,1-2H3,(H,21,24)(H,22,23). The van der Waals surface area contributed by atoms with Crippen LogP contribution < -0.4 is 10.6 Å². The molecule has 0 saturated carbocycles. The third kappa shape index (κ3) is 4.38. The summed E-state index contributed by atoms with van der Waals surface area (Å²) in [5, 5.41) is 4.60. The molecule has 2 N–H and O–H groups in total. The summed E-state index contributed by atoms with van der Waals surface area (Å²) >= 11 is 0. The molecule has 0 unspecified atom stereocenters. The van der Waals surface area contributed by atoms with Crippen molar-refractivity contribution in [2.24, 2.45) is 5.92 Å². The molecule has 0 aliphatic carbocycles. The summed E-state index contributed by atoms with van der Waals surface area (Å²) in [4.78, 5) is 23.8. The van der Waals surface area contributed by atoms with Crippen LogP contribution in [0.5, 0.6) is 0 Å². The van der Waals surface area contributed by atoms with Gasteiger partial charge < -0.3 is 10.6 Å². The lowest BCUT2D eigenvalue weighted by Crippen LogP contribution is -2.18. The molecule has 2 aromatic rings. The van der Waals surface area contributed by atoms with Crippen molar-refractivity contribution in [2.45, 2.75) is 20.3 Å². The van der Waals surface area contributed by atoms with Gasteiger partial charge in [-0.2, -0.15) is 0 Å². The summed E-state index contributed by atoms with van der Waals surface area (Å²) < 4.78 is 28.3. The molecule has 0 fully saturated rings. The Labute approximate surface area is 138 Å². The van der Waals surface area contributed by atoms with Crippen molar-refractivity contribution in [3.05, 3.63) is 59.7 Å². The van der Waals surface area contributed by atoms with Crippen LogP contribution in [0.4, 0.5) is 20.2 Å². The summed E-state index contributed by atoms with van der Waals surface area (Å²) in [7, 11) is 0. The summed E-state index contributed by atoms with van der Waals surface area (Å²) in [6.07, 6.45) is 0.138. The van der Waals surface area contributed by atoms with E-state index in [1.165, 1.54) is 0 Å². The van der Waals surface area contributed by atoms with Gasteiger partial charge in [-0.05, 0) is 30.2 Å². The van der Waals surface area contributed by atoms with Gasteiger partial charge in [-0.15, -0.1) is 0 Å². The first-order chi connectivity index (χ1) is 11.4. The Balaban J connectivity index is 2.22. The SMILES string of the molecule is CC(C)CC(=O)Nc1c(F)ccc(NC(=O)c2ccccc2)c1F. The molecule has 0 aliphatic heterocycles. The number of amides is 2. The molecule has 0 saturated heterocycles. The Kier molecular flexibility index (Phi) is 5.63. The highest BCUT2D eigenvalue weighted by molar-refractivity contribution is 6.04. The van der Waals surface area contributed by atoms with Crippen LogP contribution in [0.3, 0.4) is 0 Å². The maximum atomic E-state index is 14.4. The van der Waals surface area contributed by atoms with E-state index in [9.17, 15) is 18.4 Å². The quantitative estimate of drug-likeness (QED) is 0.862. The first-order valence-corrected chi connectivity index (χ1v) is 7.52. The first kappa shape index (κ1) is 17.6. The molecule has 126 valence electrons. The first-order valence-electron chi connectivity index (χ1n) is 7.52. The van der Waals surface area contributed by atoms with Crippen molar-refractivity contribution < 1.29 is 18.4 Å². The molecule has 24 heavy (non-hydrogen) atoms. The molecular formula is C18H18F2N2O2. The van der Waals surface area contributed by atoms with Crippen LogP contribution in [-0.4, -0.2) is 11.8 Å². The van der Waals surface area contributed by atoms with Gasteiger partial charge in [-0.1, -0.05) is 32.0 Å². The van der Waals surface area contributed by atoms with Crippen molar-refractivity contribution >= 4 is 23.2 Å². The second-order valence-corrected chi connectivity index (χ2v) is 5.75. The van der Waals surface area contributed by atoms with Gasteiger partial charge in [0.2, 0.25) is 5.91 Å². The molecule has 4 nitrogen and oxygen atoms in total. The van der Waals surface area contributed by atoms with Crippen LogP contribution in [0.2, 0.25) is 0 Å². The minimum Gasteiger partial charge on any atom is -0.321 e. The van der Waals surface area contributed by atoms with E-state index in [-0.39, 0.29) is 18.0 Å². The summed E-state index contributed by atoms with van der Waals surface area (Å²) in [6.45, 7) is 3.64. The van der Waals surface area contributed by atoms with E-state index in [4.69, 9.17) is 0 Å². The van der Waals surface area contributed by atoms with Crippen molar-refractivity contribution in [3.63, 3.8) is 0 Å². The van der Waals surface area contributed by atoms with E-state index in [0.717, 1.165) is 12.1 Å². The Bertz CT molecular complexity index is 746. The number of anilines is 2. The summed E-state index contributed by atoms with van der Waals surface area (Å²) in [6, 6.07) is 10.3. The van der Waals surface area contributed by atoms with Crippen LogP contribution >= 0.6 is 0 Å². The summed E-state index contributed by atoms with van der Waals surface area (Å²) in [5.41, 5.74) is -0.428. The fourth-order valence-corrected chi connectivity index (χ4v) is 2.11. The number of nitrogens with one attached hydrogen (secondary N) is 2. The van der Waals surface area contributed by atoms with Gasteiger partial charge in [0.05, 0.1) is 5.69 Å². The number of hydrogen-bond acceptors (Lipinski definition) is 2. The van der Waals surface area contributed by atoms with Gasteiger partial charge in [-0.3, -0.25) is 9.59 Å². The minimum atomic E-state index is -1.02. The van der Waals surface area contributed by atoms with E-state index in [1.54, 1.807) is 30.3 Å². The van der Waals surface area contributed by atoms with E-state index >= 15 is 0 Å². The largest absolute Gasteiger partial charge is 0.321 e. The molecule has 2 aromatic carbocycles. The number of carbonyl (C=O) groups is 2.